The van der Waals surface area contributed by atoms with Crippen LogP contribution in [0.5, 0.6) is 0 Å². The zero-order valence-corrected chi connectivity index (χ0v) is 12.2. The van der Waals surface area contributed by atoms with Crippen molar-refractivity contribution in [2.45, 2.75) is 33.2 Å². The van der Waals surface area contributed by atoms with Crippen LogP contribution in [-0.2, 0) is 13.0 Å². The third-order valence-corrected chi connectivity index (χ3v) is 3.70. The maximum Gasteiger partial charge on any atom is 0.272 e. The second kappa shape index (κ2) is 6.42. The molecule has 1 aromatic carbocycles. The fourth-order valence-corrected chi connectivity index (χ4v) is 2.49. The van der Waals surface area contributed by atoms with Crippen LogP contribution in [0.3, 0.4) is 0 Å². The summed E-state index contributed by atoms with van der Waals surface area (Å²) >= 11 is 1.32. The average molecular weight is 292 g/mol. The Hall–Kier alpha value is -2.02. The summed E-state index contributed by atoms with van der Waals surface area (Å²) < 4.78 is 4.25. The molecule has 2 rings (SSSR count). The molecule has 0 spiro atoms. The quantitative estimate of drug-likeness (QED) is 0.652. The molecule has 7 heteroatoms. The fraction of sp³-hybridized carbons (Fsp3) is 0.385. The van der Waals surface area contributed by atoms with Crippen molar-refractivity contribution in [1.29, 1.82) is 0 Å². The van der Waals surface area contributed by atoms with E-state index in [0.29, 0.717) is 12.1 Å². The Kier molecular flexibility index (Phi) is 4.62. The van der Waals surface area contributed by atoms with E-state index in [4.69, 9.17) is 0 Å². The average Bonchev–Trinajstić information content (AvgIpc) is 2.85. The molecule has 0 amide bonds. The van der Waals surface area contributed by atoms with Crippen LogP contribution >= 0.6 is 11.5 Å². The Labute approximate surface area is 121 Å². The van der Waals surface area contributed by atoms with Crippen LogP contribution in [0.4, 0.5) is 10.8 Å². The van der Waals surface area contributed by atoms with Crippen molar-refractivity contribution >= 4 is 22.4 Å². The highest BCUT2D eigenvalue weighted by molar-refractivity contribution is 7.09. The predicted octanol–water partition coefficient (Wildman–Crippen LogP) is 3.32. The summed E-state index contributed by atoms with van der Waals surface area (Å²) in [5.74, 6) is 0.843. The largest absolute Gasteiger partial charge is 0.356 e. The van der Waals surface area contributed by atoms with Gasteiger partial charge in [-0.2, -0.15) is 4.37 Å². The van der Waals surface area contributed by atoms with Crippen LogP contribution in [0.1, 0.15) is 30.3 Å². The first-order chi connectivity index (χ1) is 9.61. The second-order valence-corrected chi connectivity index (χ2v) is 5.19. The second-order valence-electron chi connectivity index (χ2n) is 4.44. The van der Waals surface area contributed by atoms with Gasteiger partial charge in [-0.05, 0) is 18.9 Å². The summed E-state index contributed by atoms with van der Waals surface area (Å²) in [4.78, 5) is 14.9. The van der Waals surface area contributed by atoms with Crippen molar-refractivity contribution in [3.05, 3.63) is 45.3 Å². The van der Waals surface area contributed by atoms with Crippen molar-refractivity contribution < 1.29 is 4.92 Å². The minimum atomic E-state index is -0.358. The Bertz CT molecular complexity index is 612. The topological polar surface area (TPSA) is 81.0 Å². The van der Waals surface area contributed by atoms with Gasteiger partial charge in [-0.25, -0.2) is 4.98 Å². The first kappa shape index (κ1) is 14.4. The summed E-state index contributed by atoms with van der Waals surface area (Å²) in [7, 11) is 0. The Balaban J connectivity index is 2.06. The van der Waals surface area contributed by atoms with E-state index in [0.717, 1.165) is 29.4 Å². The Morgan fingerprint density at radius 3 is 2.95 bits per heavy atom. The van der Waals surface area contributed by atoms with Crippen LogP contribution < -0.4 is 5.32 Å². The molecule has 0 atom stereocenters. The number of nitrogens with zero attached hydrogens (tertiary/aromatic N) is 3. The number of hydrogen-bond acceptors (Lipinski definition) is 6. The molecule has 0 fully saturated rings. The van der Waals surface area contributed by atoms with Gasteiger partial charge in [-0.1, -0.05) is 19.1 Å². The first-order valence-electron chi connectivity index (χ1n) is 6.41. The van der Waals surface area contributed by atoms with E-state index in [2.05, 4.69) is 21.6 Å². The minimum absolute atomic E-state index is 0.147. The lowest BCUT2D eigenvalue weighted by atomic mass is 10.1. The molecular formula is C13H16N4O2S. The lowest BCUT2D eigenvalue weighted by Crippen LogP contribution is -2.03. The zero-order valence-electron chi connectivity index (χ0n) is 11.4. The molecule has 0 bridgehead atoms. The highest BCUT2D eigenvalue weighted by Gasteiger charge is 2.13. The highest BCUT2D eigenvalue weighted by atomic mass is 32.1. The molecule has 0 radical (unpaired) electrons. The number of anilines is 1. The third kappa shape index (κ3) is 3.30. The summed E-state index contributed by atoms with van der Waals surface area (Å²) in [6.45, 7) is 4.35. The van der Waals surface area contributed by atoms with Gasteiger partial charge in [0, 0.05) is 36.1 Å². The van der Waals surface area contributed by atoms with Gasteiger partial charge in [0.2, 0.25) is 5.13 Å². The van der Waals surface area contributed by atoms with Crippen LogP contribution in [0, 0.1) is 17.0 Å². The number of nitro benzene ring substituents is 1. The zero-order chi connectivity index (χ0) is 14.5. The molecular weight excluding hydrogens is 276 g/mol. The van der Waals surface area contributed by atoms with E-state index in [1.807, 2.05) is 6.07 Å². The number of benzene rings is 1. The predicted molar refractivity (Wildman–Crippen MR) is 79.1 cm³/mol. The van der Waals surface area contributed by atoms with Gasteiger partial charge in [0.1, 0.15) is 5.82 Å². The van der Waals surface area contributed by atoms with E-state index in [1.54, 1.807) is 13.0 Å². The van der Waals surface area contributed by atoms with Gasteiger partial charge in [0.25, 0.3) is 5.69 Å². The summed E-state index contributed by atoms with van der Waals surface area (Å²) in [6.07, 6.45) is 1.88. The summed E-state index contributed by atoms with van der Waals surface area (Å²) in [6, 6.07) is 5.09. The van der Waals surface area contributed by atoms with Gasteiger partial charge >= 0.3 is 0 Å². The van der Waals surface area contributed by atoms with Gasteiger partial charge in [0.15, 0.2) is 0 Å². The molecule has 1 heterocycles. The van der Waals surface area contributed by atoms with Gasteiger partial charge in [0.05, 0.1) is 4.92 Å². The molecule has 1 N–H and O–H groups in total. The van der Waals surface area contributed by atoms with Crippen molar-refractivity contribution in [3.63, 3.8) is 0 Å². The SMILES string of the molecule is CCCc1nsc(NCc2cccc([N+](=O)[O-])c2C)n1. The molecule has 0 saturated carbocycles. The number of nitrogens with one attached hydrogen (secondary N) is 1. The molecule has 106 valence electrons. The first-order valence-corrected chi connectivity index (χ1v) is 7.18. The maximum atomic E-state index is 10.9. The molecule has 1 aromatic heterocycles. The molecule has 20 heavy (non-hydrogen) atoms. The number of hydrogen-bond donors (Lipinski definition) is 1. The van der Waals surface area contributed by atoms with Crippen LogP contribution in [-0.4, -0.2) is 14.3 Å². The van der Waals surface area contributed by atoms with Crippen LogP contribution in [0.15, 0.2) is 18.2 Å². The smallest absolute Gasteiger partial charge is 0.272 e. The van der Waals surface area contributed by atoms with Gasteiger partial charge in [-0.3, -0.25) is 10.1 Å². The van der Waals surface area contributed by atoms with Gasteiger partial charge < -0.3 is 5.32 Å². The molecule has 6 nitrogen and oxygen atoms in total. The molecule has 0 saturated heterocycles. The number of aryl methyl sites for hydroxylation is 1. The minimum Gasteiger partial charge on any atom is -0.356 e. The number of aromatic nitrogens is 2. The molecule has 0 aliphatic carbocycles. The number of rotatable bonds is 6. The number of nitro groups is 1. The van der Waals surface area contributed by atoms with Crippen molar-refractivity contribution in [2.24, 2.45) is 0 Å². The maximum absolute atomic E-state index is 10.9. The lowest BCUT2D eigenvalue weighted by Gasteiger charge is -2.06. The summed E-state index contributed by atoms with van der Waals surface area (Å²) in [5, 5.41) is 14.8. The van der Waals surface area contributed by atoms with E-state index in [1.165, 1.54) is 17.6 Å². The summed E-state index contributed by atoms with van der Waals surface area (Å²) in [5.41, 5.74) is 1.72. The monoisotopic (exact) mass is 292 g/mol. The molecule has 2 aromatic rings. The molecule has 0 aliphatic rings. The molecule has 0 unspecified atom stereocenters. The fourth-order valence-electron chi connectivity index (χ4n) is 1.88. The molecule has 0 aliphatic heterocycles. The van der Waals surface area contributed by atoms with Crippen molar-refractivity contribution in [1.82, 2.24) is 9.36 Å². The van der Waals surface area contributed by atoms with Crippen molar-refractivity contribution in [2.75, 3.05) is 5.32 Å². The van der Waals surface area contributed by atoms with E-state index in [-0.39, 0.29) is 10.6 Å². The van der Waals surface area contributed by atoms with Crippen molar-refractivity contribution in [3.8, 4) is 0 Å². The van der Waals surface area contributed by atoms with E-state index in [9.17, 15) is 10.1 Å². The van der Waals surface area contributed by atoms with Crippen LogP contribution in [0.25, 0.3) is 0 Å². The highest BCUT2D eigenvalue weighted by Crippen LogP contribution is 2.22. The van der Waals surface area contributed by atoms with E-state index < -0.39 is 0 Å². The lowest BCUT2D eigenvalue weighted by molar-refractivity contribution is -0.385. The normalized spacial score (nSPS) is 10.5. The Morgan fingerprint density at radius 1 is 1.45 bits per heavy atom. The third-order valence-electron chi connectivity index (χ3n) is 2.99. The van der Waals surface area contributed by atoms with Gasteiger partial charge in [-0.15, -0.1) is 0 Å². The van der Waals surface area contributed by atoms with E-state index >= 15 is 0 Å². The standard InChI is InChI=1S/C13H16N4O2S/c1-3-5-12-15-13(20-16-12)14-8-10-6-4-7-11(9(10)2)17(18)19/h4,6-7H,3,5,8H2,1-2H3,(H,14,15,16). The Morgan fingerprint density at radius 2 is 2.25 bits per heavy atom. The van der Waals surface area contributed by atoms with Crippen LogP contribution in [0.2, 0.25) is 0 Å².